The zero-order valence-electron chi connectivity index (χ0n) is 11.3. The summed E-state index contributed by atoms with van der Waals surface area (Å²) in [6.07, 6.45) is 2.33. The summed E-state index contributed by atoms with van der Waals surface area (Å²) in [4.78, 5) is 11.6. The quantitative estimate of drug-likeness (QED) is 0.685. The van der Waals surface area contributed by atoms with Crippen LogP contribution in [0.3, 0.4) is 0 Å². The maximum absolute atomic E-state index is 11.6. The Kier molecular flexibility index (Phi) is 3.70. The van der Waals surface area contributed by atoms with Gasteiger partial charge < -0.3 is 4.74 Å². The molecule has 0 spiro atoms. The number of carbonyl (C=O) groups excluding carboxylic acids is 1. The first kappa shape index (κ1) is 13.8. The number of benzene rings is 1. The molecule has 2 heterocycles. The number of hydrogen-bond donors (Lipinski definition) is 0. The van der Waals surface area contributed by atoms with Gasteiger partial charge in [-0.25, -0.2) is 4.79 Å². The summed E-state index contributed by atoms with van der Waals surface area (Å²) in [6, 6.07) is 11.4. The smallest absolute Gasteiger partial charge is 0.339 e. The zero-order valence-corrected chi connectivity index (χ0v) is 12.9. The minimum atomic E-state index is -0.376. The normalized spacial score (nSPS) is 10.8. The van der Waals surface area contributed by atoms with Gasteiger partial charge in [0.2, 0.25) is 0 Å². The van der Waals surface area contributed by atoms with E-state index in [4.69, 9.17) is 4.74 Å². The van der Waals surface area contributed by atoms with E-state index in [0.717, 1.165) is 15.9 Å². The third kappa shape index (κ3) is 2.80. The second-order valence-corrected chi connectivity index (χ2v) is 5.48. The van der Waals surface area contributed by atoms with Gasteiger partial charge in [-0.3, -0.25) is 4.40 Å². The summed E-state index contributed by atoms with van der Waals surface area (Å²) in [6.45, 7) is 0. The minimum absolute atomic E-state index is 0.376. The minimum Gasteiger partial charge on any atom is -0.465 e. The largest absolute Gasteiger partial charge is 0.465 e. The van der Waals surface area contributed by atoms with Gasteiger partial charge in [-0.15, -0.1) is 10.2 Å². The average molecular weight is 346 g/mol. The highest BCUT2D eigenvalue weighted by Gasteiger charge is 2.11. The molecule has 0 aliphatic carbocycles. The van der Waals surface area contributed by atoms with E-state index in [1.165, 1.54) is 7.11 Å². The Morgan fingerprint density at radius 1 is 1.29 bits per heavy atom. The molecule has 0 bridgehead atoms. The molecule has 5 nitrogen and oxygen atoms in total. The molecule has 3 rings (SSSR count). The van der Waals surface area contributed by atoms with Gasteiger partial charge in [0.15, 0.2) is 5.65 Å². The molecule has 0 saturated heterocycles. The second-order valence-electron chi connectivity index (χ2n) is 4.56. The molecule has 0 aliphatic heterocycles. The first-order valence-electron chi connectivity index (χ1n) is 6.34. The summed E-state index contributed by atoms with van der Waals surface area (Å²) in [5, 5.41) is 8.30. The molecular formula is C15H12BrN3O2. The lowest BCUT2D eigenvalue weighted by Gasteiger charge is -2.03. The Bertz CT molecular complexity index is 814. The van der Waals surface area contributed by atoms with Crippen LogP contribution in [-0.4, -0.2) is 27.7 Å². The Morgan fingerprint density at radius 2 is 2.14 bits per heavy atom. The number of pyridine rings is 1. The van der Waals surface area contributed by atoms with Crippen LogP contribution >= 0.6 is 15.9 Å². The fourth-order valence-corrected chi connectivity index (χ4v) is 2.57. The standard InChI is InChI=1S/C15H12BrN3O2/c1-21-15(20)11-5-6-13-17-18-14(19(13)9-11)8-10-3-2-4-12(16)7-10/h2-7,9H,8H2,1H3. The number of ether oxygens (including phenoxy) is 1. The monoisotopic (exact) mass is 345 g/mol. The van der Waals surface area contributed by atoms with Gasteiger partial charge in [0, 0.05) is 17.1 Å². The molecule has 2 aromatic heterocycles. The van der Waals surface area contributed by atoms with Gasteiger partial charge in [0.1, 0.15) is 5.82 Å². The molecule has 0 radical (unpaired) electrons. The molecule has 106 valence electrons. The second kappa shape index (κ2) is 5.65. The summed E-state index contributed by atoms with van der Waals surface area (Å²) in [5.41, 5.74) is 2.29. The Labute approximate surface area is 129 Å². The molecule has 3 aromatic rings. The van der Waals surface area contributed by atoms with Crippen LogP contribution in [0.2, 0.25) is 0 Å². The Morgan fingerprint density at radius 3 is 2.90 bits per heavy atom. The third-order valence-electron chi connectivity index (χ3n) is 3.15. The van der Waals surface area contributed by atoms with E-state index in [-0.39, 0.29) is 5.97 Å². The van der Waals surface area contributed by atoms with Crippen molar-refractivity contribution in [1.82, 2.24) is 14.6 Å². The Balaban J connectivity index is 2.00. The molecule has 0 fully saturated rings. The predicted molar refractivity (Wildman–Crippen MR) is 81.3 cm³/mol. The molecular weight excluding hydrogens is 334 g/mol. The highest BCUT2D eigenvalue weighted by Crippen LogP contribution is 2.16. The average Bonchev–Trinajstić information content (AvgIpc) is 2.89. The molecule has 0 saturated carbocycles. The van der Waals surface area contributed by atoms with E-state index in [0.29, 0.717) is 17.6 Å². The van der Waals surface area contributed by atoms with Gasteiger partial charge in [0.25, 0.3) is 0 Å². The third-order valence-corrected chi connectivity index (χ3v) is 3.64. The Hall–Kier alpha value is -2.21. The van der Waals surface area contributed by atoms with Gasteiger partial charge in [0.05, 0.1) is 12.7 Å². The number of hydrogen-bond acceptors (Lipinski definition) is 4. The zero-order chi connectivity index (χ0) is 14.8. The van der Waals surface area contributed by atoms with Crippen molar-refractivity contribution in [2.24, 2.45) is 0 Å². The van der Waals surface area contributed by atoms with E-state index in [1.54, 1.807) is 18.3 Å². The topological polar surface area (TPSA) is 56.5 Å². The fraction of sp³-hybridized carbons (Fsp3) is 0.133. The van der Waals surface area contributed by atoms with Crippen molar-refractivity contribution in [3.05, 3.63) is 64.0 Å². The van der Waals surface area contributed by atoms with Crippen LogP contribution in [0.1, 0.15) is 21.7 Å². The van der Waals surface area contributed by atoms with Crippen LogP contribution in [0, 0.1) is 0 Å². The molecule has 1 aromatic carbocycles. The van der Waals surface area contributed by atoms with Gasteiger partial charge in [-0.05, 0) is 29.8 Å². The lowest BCUT2D eigenvalue weighted by atomic mass is 10.1. The van der Waals surface area contributed by atoms with E-state index < -0.39 is 0 Å². The summed E-state index contributed by atoms with van der Waals surface area (Å²) in [7, 11) is 1.36. The van der Waals surface area contributed by atoms with Crippen LogP contribution in [0.15, 0.2) is 47.1 Å². The van der Waals surface area contributed by atoms with Gasteiger partial charge in [-0.1, -0.05) is 28.1 Å². The van der Waals surface area contributed by atoms with Crippen LogP contribution in [0.4, 0.5) is 0 Å². The molecule has 21 heavy (non-hydrogen) atoms. The van der Waals surface area contributed by atoms with E-state index in [2.05, 4.69) is 26.1 Å². The predicted octanol–water partition coefficient (Wildman–Crippen LogP) is 2.87. The number of fused-ring (bicyclic) bond motifs is 1. The van der Waals surface area contributed by atoms with Gasteiger partial charge >= 0.3 is 5.97 Å². The molecule has 0 aliphatic rings. The van der Waals surface area contributed by atoms with Crippen molar-refractivity contribution in [3.8, 4) is 0 Å². The lowest BCUT2D eigenvalue weighted by Crippen LogP contribution is -2.04. The number of carbonyl (C=O) groups is 1. The van der Waals surface area contributed by atoms with Crippen LogP contribution in [0.5, 0.6) is 0 Å². The first-order valence-corrected chi connectivity index (χ1v) is 7.13. The lowest BCUT2D eigenvalue weighted by molar-refractivity contribution is 0.0600. The molecule has 0 N–H and O–H groups in total. The van der Waals surface area contributed by atoms with E-state index in [1.807, 2.05) is 28.7 Å². The van der Waals surface area contributed by atoms with Crippen LogP contribution < -0.4 is 0 Å². The fourth-order valence-electron chi connectivity index (χ4n) is 2.13. The number of rotatable bonds is 3. The number of aromatic nitrogens is 3. The van der Waals surface area contributed by atoms with Crippen molar-refractivity contribution in [2.75, 3.05) is 7.11 Å². The van der Waals surface area contributed by atoms with Crippen molar-refractivity contribution in [1.29, 1.82) is 0 Å². The van der Waals surface area contributed by atoms with Gasteiger partial charge in [-0.2, -0.15) is 0 Å². The van der Waals surface area contributed by atoms with Crippen molar-refractivity contribution in [3.63, 3.8) is 0 Å². The van der Waals surface area contributed by atoms with E-state index >= 15 is 0 Å². The van der Waals surface area contributed by atoms with Crippen molar-refractivity contribution >= 4 is 27.5 Å². The number of esters is 1. The summed E-state index contributed by atoms with van der Waals surface area (Å²) in [5.74, 6) is 0.396. The number of methoxy groups -OCH3 is 1. The maximum Gasteiger partial charge on any atom is 0.339 e. The number of nitrogens with zero attached hydrogens (tertiary/aromatic N) is 3. The SMILES string of the molecule is COC(=O)c1ccc2nnc(Cc3cccc(Br)c3)n2c1. The summed E-state index contributed by atoms with van der Waals surface area (Å²) < 4.78 is 7.57. The van der Waals surface area contributed by atoms with Crippen LogP contribution in [-0.2, 0) is 11.2 Å². The highest BCUT2D eigenvalue weighted by molar-refractivity contribution is 9.10. The molecule has 0 amide bonds. The molecule has 0 unspecified atom stereocenters. The molecule has 0 atom stereocenters. The van der Waals surface area contributed by atoms with Crippen LogP contribution in [0.25, 0.3) is 5.65 Å². The maximum atomic E-state index is 11.6. The first-order chi connectivity index (χ1) is 10.2. The van der Waals surface area contributed by atoms with Crippen molar-refractivity contribution in [2.45, 2.75) is 6.42 Å². The van der Waals surface area contributed by atoms with E-state index in [9.17, 15) is 4.79 Å². The number of halogens is 1. The summed E-state index contributed by atoms with van der Waals surface area (Å²) >= 11 is 3.45. The highest BCUT2D eigenvalue weighted by atomic mass is 79.9. The van der Waals surface area contributed by atoms with Crippen molar-refractivity contribution < 1.29 is 9.53 Å². The molecule has 6 heteroatoms.